The summed E-state index contributed by atoms with van der Waals surface area (Å²) in [4.78, 5) is 16.6. The molecule has 31 heavy (non-hydrogen) atoms. The summed E-state index contributed by atoms with van der Waals surface area (Å²) in [6.07, 6.45) is 0. The van der Waals surface area contributed by atoms with Crippen LogP contribution in [0.5, 0.6) is 5.75 Å². The lowest BCUT2D eigenvalue weighted by Crippen LogP contribution is -2.20. The molecule has 0 saturated carbocycles. The molecule has 0 saturated heterocycles. The van der Waals surface area contributed by atoms with Crippen LogP contribution in [0.25, 0.3) is 22.8 Å². The summed E-state index contributed by atoms with van der Waals surface area (Å²) in [6, 6.07) is 18.6. The Hall–Kier alpha value is -4.00. The maximum absolute atomic E-state index is 13.1. The molecule has 1 aromatic heterocycles. The van der Waals surface area contributed by atoms with Crippen molar-refractivity contribution in [3.63, 3.8) is 0 Å². The second-order valence-corrected chi connectivity index (χ2v) is 7.04. The van der Waals surface area contributed by atoms with Crippen LogP contribution < -0.4 is 10.1 Å². The smallest absolute Gasteiger partial charge is 0.262 e. The van der Waals surface area contributed by atoms with Crippen LogP contribution in [-0.2, 0) is 4.79 Å². The first-order valence-corrected chi connectivity index (χ1v) is 9.68. The summed E-state index contributed by atoms with van der Waals surface area (Å²) in [5.74, 6) is 0.805. The number of halogens is 1. The standard InChI is InChI=1S/C24H20FN3O3/c1-15-4-3-5-21(16(15)2)30-14-22(29)26-20-12-8-18(9-13-20)24-27-23(28-31-24)17-6-10-19(25)11-7-17/h3-13H,14H2,1-2H3,(H,26,29). The van der Waals surface area contributed by atoms with Gasteiger partial charge in [-0.15, -0.1) is 0 Å². The molecule has 0 aliphatic carbocycles. The number of ether oxygens (including phenoxy) is 1. The zero-order valence-corrected chi connectivity index (χ0v) is 17.1. The molecule has 1 heterocycles. The average Bonchev–Trinajstić information content (AvgIpc) is 3.26. The highest BCUT2D eigenvalue weighted by molar-refractivity contribution is 5.92. The van der Waals surface area contributed by atoms with Crippen molar-refractivity contribution in [2.75, 3.05) is 11.9 Å². The number of amides is 1. The highest BCUT2D eigenvalue weighted by atomic mass is 19.1. The largest absolute Gasteiger partial charge is 0.483 e. The summed E-state index contributed by atoms with van der Waals surface area (Å²) < 4.78 is 24.0. The maximum atomic E-state index is 13.1. The molecular weight excluding hydrogens is 397 g/mol. The quantitative estimate of drug-likeness (QED) is 0.468. The number of rotatable bonds is 6. The first kappa shape index (κ1) is 20.3. The van der Waals surface area contributed by atoms with Gasteiger partial charge in [-0.05, 0) is 79.6 Å². The van der Waals surface area contributed by atoms with Gasteiger partial charge < -0.3 is 14.6 Å². The lowest BCUT2D eigenvalue weighted by atomic mass is 10.1. The minimum Gasteiger partial charge on any atom is -0.483 e. The van der Waals surface area contributed by atoms with Gasteiger partial charge in [0.25, 0.3) is 11.8 Å². The van der Waals surface area contributed by atoms with Crippen molar-refractivity contribution in [2.45, 2.75) is 13.8 Å². The minimum absolute atomic E-state index is 0.0866. The molecule has 4 rings (SSSR count). The molecule has 6 nitrogen and oxygen atoms in total. The number of benzene rings is 3. The summed E-state index contributed by atoms with van der Waals surface area (Å²) in [5.41, 5.74) is 4.10. The van der Waals surface area contributed by atoms with Gasteiger partial charge in [0, 0.05) is 16.8 Å². The third-order valence-corrected chi connectivity index (χ3v) is 4.86. The molecular formula is C24H20FN3O3. The molecule has 0 spiro atoms. The zero-order valence-electron chi connectivity index (χ0n) is 17.1. The Morgan fingerprint density at radius 2 is 1.71 bits per heavy atom. The van der Waals surface area contributed by atoms with Gasteiger partial charge in [-0.3, -0.25) is 4.79 Å². The van der Waals surface area contributed by atoms with Crippen LogP contribution in [0.4, 0.5) is 10.1 Å². The molecule has 0 aliphatic rings. The number of anilines is 1. The van der Waals surface area contributed by atoms with Gasteiger partial charge in [-0.2, -0.15) is 4.98 Å². The molecule has 156 valence electrons. The van der Waals surface area contributed by atoms with Crippen molar-refractivity contribution in [2.24, 2.45) is 0 Å². The number of aryl methyl sites for hydroxylation is 1. The molecule has 1 N–H and O–H groups in total. The number of nitrogens with one attached hydrogen (secondary N) is 1. The highest BCUT2D eigenvalue weighted by Gasteiger charge is 2.12. The van der Waals surface area contributed by atoms with Crippen LogP contribution in [0.15, 0.2) is 71.3 Å². The first-order valence-electron chi connectivity index (χ1n) is 9.68. The lowest BCUT2D eigenvalue weighted by Gasteiger charge is -2.11. The topological polar surface area (TPSA) is 77.2 Å². The van der Waals surface area contributed by atoms with Crippen molar-refractivity contribution in [1.82, 2.24) is 10.1 Å². The minimum atomic E-state index is -0.329. The third-order valence-electron chi connectivity index (χ3n) is 4.86. The van der Waals surface area contributed by atoms with Gasteiger partial charge in [-0.1, -0.05) is 17.3 Å². The van der Waals surface area contributed by atoms with E-state index >= 15 is 0 Å². The molecule has 0 atom stereocenters. The Labute approximate surface area is 178 Å². The van der Waals surface area contributed by atoms with Crippen molar-refractivity contribution in [3.05, 3.63) is 83.7 Å². The van der Waals surface area contributed by atoms with Crippen LogP contribution in [0.3, 0.4) is 0 Å². The maximum Gasteiger partial charge on any atom is 0.262 e. The van der Waals surface area contributed by atoms with E-state index < -0.39 is 0 Å². The Morgan fingerprint density at radius 3 is 2.45 bits per heavy atom. The normalized spacial score (nSPS) is 10.7. The van der Waals surface area contributed by atoms with Gasteiger partial charge in [-0.25, -0.2) is 4.39 Å². The summed E-state index contributed by atoms with van der Waals surface area (Å²) in [7, 11) is 0. The number of nitrogens with zero attached hydrogens (tertiary/aromatic N) is 2. The highest BCUT2D eigenvalue weighted by Crippen LogP contribution is 2.24. The van der Waals surface area contributed by atoms with E-state index in [2.05, 4.69) is 15.5 Å². The first-order chi connectivity index (χ1) is 15.0. The average molecular weight is 417 g/mol. The van der Waals surface area contributed by atoms with Crippen molar-refractivity contribution >= 4 is 11.6 Å². The van der Waals surface area contributed by atoms with Gasteiger partial charge in [0.2, 0.25) is 5.82 Å². The Morgan fingerprint density at radius 1 is 1.00 bits per heavy atom. The summed E-state index contributed by atoms with van der Waals surface area (Å²) in [6.45, 7) is 3.87. The molecule has 7 heteroatoms. The molecule has 0 radical (unpaired) electrons. The summed E-state index contributed by atoms with van der Waals surface area (Å²) >= 11 is 0. The van der Waals surface area contributed by atoms with E-state index in [0.717, 1.165) is 11.1 Å². The van der Waals surface area contributed by atoms with E-state index in [1.54, 1.807) is 36.4 Å². The molecule has 0 unspecified atom stereocenters. The van der Waals surface area contributed by atoms with Crippen LogP contribution in [-0.4, -0.2) is 22.7 Å². The lowest BCUT2D eigenvalue weighted by molar-refractivity contribution is -0.118. The van der Waals surface area contributed by atoms with Gasteiger partial charge in [0.05, 0.1) is 0 Å². The summed E-state index contributed by atoms with van der Waals surface area (Å²) in [5, 5.41) is 6.73. The fraction of sp³-hybridized carbons (Fsp3) is 0.125. The molecule has 1 amide bonds. The Bertz CT molecular complexity index is 1200. The van der Waals surface area contributed by atoms with E-state index in [1.807, 2.05) is 32.0 Å². The Balaban J connectivity index is 1.37. The third kappa shape index (κ3) is 4.78. The molecule has 4 aromatic rings. The number of carbonyl (C=O) groups excluding carboxylic acids is 1. The fourth-order valence-corrected chi connectivity index (χ4v) is 2.97. The zero-order chi connectivity index (χ0) is 21.8. The van der Waals surface area contributed by atoms with E-state index in [1.165, 1.54) is 12.1 Å². The Kier molecular flexibility index (Phi) is 5.75. The van der Waals surface area contributed by atoms with E-state index in [4.69, 9.17) is 9.26 Å². The second-order valence-electron chi connectivity index (χ2n) is 7.04. The number of hydrogen-bond donors (Lipinski definition) is 1. The van der Waals surface area contributed by atoms with Gasteiger partial charge in [0.15, 0.2) is 6.61 Å². The van der Waals surface area contributed by atoms with Gasteiger partial charge >= 0.3 is 0 Å². The van der Waals surface area contributed by atoms with Gasteiger partial charge in [0.1, 0.15) is 11.6 Å². The number of carbonyl (C=O) groups is 1. The van der Waals surface area contributed by atoms with Crippen molar-refractivity contribution in [3.8, 4) is 28.6 Å². The second kappa shape index (κ2) is 8.79. The van der Waals surface area contributed by atoms with Crippen LogP contribution >= 0.6 is 0 Å². The predicted molar refractivity (Wildman–Crippen MR) is 115 cm³/mol. The molecule has 0 fully saturated rings. The van der Waals surface area contributed by atoms with E-state index in [-0.39, 0.29) is 18.3 Å². The SMILES string of the molecule is Cc1cccc(OCC(=O)Nc2ccc(-c3nc(-c4ccc(F)cc4)no3)cc2)c1C. The van der Waals surface area contributed by atoms with Crippen LogP contribution in [0.1, 0.15) is 11.1 Å². The van der Waals surface area contributed by atoms with Crippen molar-refractivity contribution < 1.29 is 18.4 Å². The van der Waals surface area contributed by atoms with E-state index in [0.29, 0.717) is 34.3 Å². The van der Waals surface area contributed by atoms with E-state index in [9.17, 15) is 9.18 Å². The van der Waals surface area contributed by atoms with Crippen molar-refractivity contribution in [1.29, 1.82) is 0 Å². The van der Waals surface area contributed by atoms with Crippen LogP contribution in [0.2, 0.25) is 0 Å². The number of hydrogen-bond acceptors (Lipinski definition) is 5. The number of aromatic nitrogens is 2. The fourth-order valence-electron chi connectivity index (χ4n) is 2.97. The van der Waals surface area contributed by atoms with Crippen LogP contribution in [0, 0.1) is 19.7 Å². The molecule has 3 aromatic carbocycles. The molecule has 0 bridgehead atoms. The monoisotopic (exact) mass is 417 g/mol. The predicted octanol–water partition coefficient (Wildman–Crippen LogP) is 5.18. The molecule has 0 aliphatic heterocycles.